The number of nitrogens with zero attached hydrogens (tertiary/aromatic N) is 6. The van der Waals surface area contributed by atoms with Crippen LogP contribution in [0.2, 0.25) is 0 Å². The van der Waals surface area contributed by atoms with Crippen molar-refractivity contribution in [2.45, 2.75) is 13.8 Å². The maximum atomic E-state index is 4.93. The molecule has 0 fully saturated rings. The van der Waals surface area contributed by atoms with E-state index in [2.05, 4.69) is 153 Å². The van der Waals surface area contributed by atoms with Gasteiger partial charge >= 0.3 is 0 Å². The molecule has 0 amide bonds. The summed E-state index contributed by atoms with van der Waals surface area (Å²) in [5.74, 6) is 0. The number of pyridine rings is 3. The fourth-order valence-corrected chi connectivity index (χ4v) is 8.21. The molecule has 5 aromatic carbocycles. The molecule has 6 nitrogen and oxygen atoms in total. The van der Waals surface area contributed by atoms with E-state index in [1.165, 1.54) is 0 Å². The van der Waals surface area contributed by atoms with Crippen molar-refractivity contribution in [3.63, 3.8) is 0 Å². The number of hydrogen-bond donors (Lipinski definition) is 0. The number of aromatic nitrogens is 5. The number of fused-ring (bicyclic) bond motifs is 6. The molecule has 6 heteroatoms. The largest absolute Gasteiger partial charge is 0.308 e. The Morgan fingerprint density at radius 1 is 0.482 bits per heavy atom. The minimum Gasteiger partial charge on any atom is -0.308 e. The number of allylic oxidation sites excluding steroid dienone is 1. The summed E-state index contributed by atoms with van der Waals surface area (Å²) in [7, 11) is 0. The summed E-state index contributed by atoms with van der Waals surface area (Å²) in [6.45, 7) is 3.98. The van der Waals surface area contributed by atoms with Crippen LogP contribution >= 0.6 is 0 Å². The molecule has 0 unspecified atom stereocenters. The van der Waals surface area contributed by atoms with Crippen LogP contribution < -0.4 is 0 Å². The van der Waals surface area contributed by atoms with Crippen molar-refractivity contribution < 1.29 is 0 Å². The minimum absolute atomic E-state index is 0.950. The van der Waals surface area contributed by atoms with Crippen LogP contribution in [-0.2, 0) is 0 Å². The second-order valence-corrected chi connectivity index (χ2v) is 13.8. The van der Waals surface area contributed by atoms with Crippen molar-refractivity contribution >= 4 is 55.8 Å². The molecule has 0 saturated carbocycles. The lowest BCUT2D eigenvalue weighted by atomic mass is 9.96. The first-order chi connectivity index (χ1) is 27.7. The zero-order chi connectivity index (χ0) is 37.6. The Bertz CT molecular complexity index is 3170. The molecule has 0 spiro atoms. The lowest BCUT2D eigenvalue weighted by Crippen LogP contribution is -1.98. The van der Waals surface area contributed by atoms with Gasteiger partial charge in [-0.2, -0.15) is 0 Å². The van der Waals surface area contributed by atoms with Crippen LogP contribution in [0.5, 0.6) is 0 Å². The van der Waals surface area contributed by atoms with Crippen LogP contribution in [0.4, 0.5) is 0 Å². The lowest BCUT2D eigenvalue weighted by molar-refractivity contribution is 1.13. The second-order valence-electron chi connectivity index (χ2n) is 13.8. The molecule has 266 valence electrons. The minimum atomic E-state index is 0.950. The predicted molar refractivity (Wildman–Crippen MR) is 233 cm³/mol. The molecule has 0 aliphatic carbocycles. The summed E-state index contributed by atoms with van der Waals surface area (Å²) < 4.78 is 4.66. The molecule has 5 heterocycles. The third-order valence-electron chi connectivity index (χ3n) is 10.6. The van der Waals surface area contributed by atoms with E-state index >= 15 is 0 Å². The van der Waals surface area contributed by atoms with Gasteiger partial charge in [0.05, 0.1) is 44.5 Å². The molecule has 0 radical (unpaired) electrons. The first kappa shape index (κ1) is 33.2. The van der Waals surface area contributed by atoms with Crippen molar-refractivity contribution in [2.24, 2.45) is 4.99 Å². The molecular formula is C50H36N6. The molecule has 0 saturated heterocycles. The standard InChI is InChI=1S/C50H36N6/c1-3-43(51-4-2)39-18-7-5-16-37(39)33-23-25-45-41(30-33)49-47(21-12-28-53-49)55(45)35-14-11-15-36(32-35)56-46-26-24-34(31-42(46)50-48(56)22-13-29-54-50)38-17-6-8-19-40(38)44-20-9-10-27-52-44/h3-32H,1-2H3/b43-3-,51-4-. The maximum Gasteiger partial charge on any atom is 0.0963 e. The highest BCUT2D eigenvalue weighted by Crippen LogP contribution is 2.39. The van der Waals surface area contributed by atoms with E-state index in [1.54, 1.807) is 0 Å². The summed E-state index contributed by atoms with van der Waals surface area (Å²) in [5, 5.41) is 2.19. The van der Waals surface area contributed by atoms with Gasteiger partial charge in [-0.05, 0) is 115 Å². The van der Waals surface area contributed by atoms with Gasteiger partial charge in [0.2, 0.25) is 0 Å². The third kappa shape index (κ3) is 5.42. The average Bonchev–Trinajstić information content (AvgIpc) is 3.78. The smallest absolute Gasteiger partial charge is 0.0963 e. The van der Waals surface area contributed by atoms with E-state index < -0.39 is 0 Å². The van der Waals surface area contributed by atoms with E-state index in [9.17, 15) is 0 Å². The SMILES string of the molecule is C/C=N\C(=C/C)c1ccccc1-c1ccc2c(c1)c1ncccc1n2-c1cccc(-n2c3ccc(-c4ccccc4-c4ccccn4)cc3c3ncccc32)c1. The van der Waals surface area contributed by atoms with Crippen molar-refractivity contribution in [2.75, 3.05) is 0 Å². The van der Waals surface area contributed by atoms with Crippen LogP contribution in [0, 0.1) is 0 Å². The Morgan fingerprint density at radius 3 is 1.66 bits per heavy atom. The van der Waals surface area contributed by atoms with Gasteiger partial charge in [-0.1, -0.05) is 78.9 Å². The van der Waals surface area contributed by atoms with Crippen molar-refractivity contribution in [1.82, 2.24) is 24.1 Å². The first-order valence-corrected chi connectivity index (χ1v) is 18.9. The molecule has 0 atom stereocenters. The quantitative estimate of drug-likeness (QED) is 0.154. The normalized spacial score (nSPS) is 12.1. The van der Waals surface area contributed by atoms with E-state index in [0.29, 0.717) is 0 Å². The summed E-state index contributed by atoms with van der Waals surface area (Å²) in [6, 6.07) is 53.5. The summed E-state index contributed by atoms with van der Waals surface area (Å²) in [5.41, 5.74) is 16.9. The number of benzene rings is 5. The van der Waals surface area contributed by atoms with Crippen LogP contribution in [0.3, 0.4) is 0 Å². The molecule has 10 rings (SSSR count). The zero-order valence-electron chi connectivity index (χ0n) is 31.0. The van der Waals surface area contributed by atoms with Gasteiger partial charge in [-0.3, -0.25) is 19.9 Å². The first-order valence-electron chi connectivity index (χ1n) is 18.9. The third-order valence-corrected chi connectivity index (χ3v) is 10.6. The van der Waals surface area contributed by atoms with Gasteiger partial charge in [-0.15, -0.1) is 0 Å². The van der Waals surface area contributed by atoms with Crippen LogP contribution in [0.25, 0.3) is 94.5 Å². The molecule has 10 aromatic rings. The highest BCUT2D eigenvalue weighted by molar-refractivity contribution is 6.10. The summed E-state index contributed by atoms with van der Waals surface area (Å²) in [4.78, 5) is 19.2. The Kier molecular flexibility index (Phi) is 8.15. The van der Waals surface area contributed by atoms with E-state index in [-0.39, 0.29) is 0 Å². The van der Waals surface area contributed by atoms with Crippen molar-refractivity contribution in [3.05, 3.63) is 182 Å². The molecule has 5 aromatic heterocycles. The zero-order valence-corrected chi connectivity index (χ0v) is 31.0. The van der Waals surface area contributed by atoms with Crippen LogP contribution in [0.1, 0.15) is 19.4 Å². The second kappa shape index (κ2) is 13.8. The Labute approximate surface area is 324 Å². The van der Waals surface area contributed by atoms with Crippen molar-refractivity contribution in [3.8, 4) is 44.9 Å². The Morgan fingerprint density at radius 2 is 1.05 bits per heavy atom. The predicted octanol–water partition coefficient (Wildman–Crippen LogP) is 12.5. The fraction of sp³-hybridized carbons (Fsp3) is 0.0400. The van der Waals surface area contributed by atoms with Gasteiger partial charge in [-0.25, -0.2) is 0 Å². The summed E-state index contributed by atoms with van der Waals surface area (Å²) in [6.07, 6.45) is 9.51. The van der Waals surface area contributed by atoms with Gasteiger partial charge in [0.1, 0.15) is 0 Å². The monoisotopic (exact) mass is 720 g/mol. The number of rotatable bonds is 7. The topological polar surface area (TPSA) is 60.9 Å². The average molecular weight is 721 g/mol. The van der Waals surface area contributed by atoms with Gasteiger partial charge in [0.15, 0.2) is 0 Å². The Balaban J connectivity index is 1.13. The maximum absolute atomic E-state index is 4.93. The lowest BCUT2D eigenvalue weighted by Gasteiger charge is -2.13. The highest BCUT2D eigenvalue weighted by atomic mass is 15.0. The molecule has 0 aliphatic heterocycles. The highest BCUT2D eigenvalue weighted by Gasteiger charge is 2.19. The van der Waals surface area contributed by atoms with Crippen LogP contribution in [0.15, 0.2) is 181 Å². The van der Waals surface area contributed by atoms with E-state index in [0.717, 1.165) is 100 Å². The van der Waals surface area contributed by atoms with Gasteiger partial charge in [0, 0.05) is 58.1 Å². The van der Waals surface area contributed by atoms with E-state index in [4.69, 9.17) is 9.97 Å². The molecule has 56 heavy (non-hydrogen) atoms. The molecule has 0 N–H and O–H groups in total. The molecule has 0 aliphatic rings. The van der Waals surface area contributed by atoms with Gasteiger partial charge < -0.3 is 9.13 Å². The van der Waals surface area contributed by atoms with E-state index in [1.807, 2.05) is 62.9 Å². The Hall–Kier alpha value is -7.44. The van der Waals surface area contributed by atoms with Crippen LogP contribution in [-0.4, -0.2) is 30.3 Å². The van der Waals surface area contributed by atoms with Gasteiger partial charge in [0.25, 0.3) is 0 Å². The number of hydrogen-bond acceptors (Lipinski definition) is 4. The summed E-state index contributed by atoms with van der Waals surface area (Å²) >= 11 is 0. The molecule has 0 bridgehead atoms. The fourth-order valence-electron chi connectivity index (χ4n) is 8.21. The van der Waals surface area contributed by atoms with Crippen molar-refractivity contribution in [1.29, 1.82) is 0 Å². The number of aliphatic imine (C=N–C) groups is 1. The molecular weight excluding hydrogens is 685 g/mol.